The normalized spacial score (nSPS) is 10.3. The molecule has 6 nitrogen and oxygen atoms in total. The first-order valence-electron chi connectivity index (χ1n) is 5.91. The summed E-state index contributed by atoms with van der Waals surface area (Å²) in [5.74, 6) is 1.50. The molecule has 0 fully saturated rings. The van der Waals surface area contributed by atoms with E-state index < -0.39 is 0 Å². The Morgan fingerprint density at radius 3 is 2.67 bits per heavy atom. The van der Waals surface area contributed by atoms with Crippen LogP contribution in [0, 0.1) is 0 Å². The van der Waals surface area contributed by atoms with Gasteiger partial charge in [0.25, 0.3) is 0 Å². The van der Waals surface area contributed by atoms with Crippen molar-refractivity contribution in [2.75, 3.05) is 17.6 Å². The topological polar surface area (TPSA) is 89.6 Å². The summed E-state index contributed by atoms with van der Waals surface area (Å²) in [6.07, 6.45) is 5.19. The number of pyridine rings is 1. The fourth-order valence-electron chi connectivity index (χ4n) is 1.54. The highest BCUT2D eigenvalue weighted by molar-refractivity contribution is 5.31. The number of aromatic nitrogens is 4. The second-order valence-corrected chi connectivity index (χ2v) is 3.82. The molecule has 0 aliphatic heterocycles. The number of nitrogen functional groups attached to an aromatic ring is 1. The lowest BCUT2D eigenvalue weighted by atomic mass is 10.2. The molecule has 2 rings (SSSR count). The maximum atomic E-state index is 5.61. The molecule has 94 valence electrons. The Bertz CT molecular complexity index is 499. The summed E-state index contributed by atoms with van der Waals surface area (Å²) in [5.41, 5.74) is 6.83. The zero-order chi connectivity index (χ0) is 12.8. The van der Waals surface area contributed by atoms with Gasteiger partial charge in [0, 0.05) is 25.4 Å². The number of aryl methyl sites for hydroxylation is 1. The Morgan fingerprint density at radius 2 is 1.94 bits per heavy atom. The Kier molecular flexibility index (Phi) is 4.01. The zero-order valence-electron chi connectivity index (χ0n) is 10.3. The van der Waals surface area contributed by atoms with Crippen LogP contribution in [0.4, 0.5) is 11.9 Å². The molecule has 0 aliphatic rings. The highest BCUT2D eigenvalue weighted by Gasteiger charge is 2.02. The van der Waals surface area contributed by atoms with E-state index >= 15 is 0 Å². The van der Waals surface area contributed by atoms with Gasteiger partial charge < -0.3 is 11.1 Å². The Balaban J connectivity index is 1.92. The SMILES string of the molecule is CCc1nc(N)nc(NCCc2ccncc2)n1. The van der Waals surface area contributed by atoms with Crippen LogP contribution in [0.3, 0.4) is 0 Å². The molecule has 0 saturated heterocycles. The first-order valence-corrected chi connectivity index (χ1v) is 5.91. The zero-order valence-corrected chi connectivity index (χ0v) is 10.3. The molecule has 3 N–H and O–H groups in total. The molecule has 6 heteroatoms. The predicted octanol–water partition coefficient (Wildman–Crippen LogP) is 1.07. The van der Waals surface area contributed by atoms with E-state index in [2.05, 4.69) is 25.3 Å². The van der Waals surface area contributed by atoms with E-state index in [1.165, 1.54) is 5.56 Å². The van der Waals surface area contributed by atoms with E-state index in [4.69, 9.17) is 5.73 Å². The number of nitrogens with one attached hydrogen (secondary N) is 1. The lowest BCUT2D eigenvalue weighted by molar-refractivity contribution is 0.892. The molecule has 0 aliphatic carbocycles. The van der Waals surface area contributed by atoms with Crippen molar-refractivity contribution >= 4 is 11.9 Å². The van der Waals surface area contributed by atoms with Crippen LogP contribution in [0.25, 0.3) is 0 Å². The van der Waals surface area contributed by atoms with Gasteiger partial charge in [-0.1, -0.05) is 6.92 Å². The maximum absolute atomic E-state index is 5.61. The highest BCUT2D eigenvalue weighted by Crippen LogP contribution is 2.04. The van der Waals surface area contributed by atoms with E-state index in [0.29, 0.717) is 11.8 Å². The van der Waals surface area contributed by atoms with Crippen molar-refractivity contribution in [3.63, 3.8) is 0 Å². The second kappa shape index (κ2) is 5.90. The highest BCUT2D eigenvalue weighted by atomic mass is 15.2. The molecule has 0 bridgehead atoms. The molecule has 2 heterocycles. The monoisotopic (exact) mass is 244 g/mol. The van der Waals surface area contributed by atoms with Gasteiger partial charge in [-0.05, 0) is 24.1 Å². The van der Waals surface area contributed by atoms with Gasteiger partial charge in [-0.3, -0.25) is 4.98 Å². The molecule has 0 unspecified atom stereocenters. The molecule has 2 aromatic rings. The third-order valence-electron chi connectivity index (χ3n) is 2.46. The van der Waals surface area contributed by atoms with E-state index in [1.54, 1.807) is 12.4 Å². The Hall–Kier alpha value is -2.24. The molecule has 0 spiro atoms. The minimum atomic E-state index is 0.258. The van der Waals surface area contributed by atoms with E-state index in [1.807, 2.05) is 19.1 Å². The summed E-state index contributed by atoms with van der Waals surface area (Å²) < 4.78 is 0. The van der Waals surface area contributed by atoms with Crippen LogP contribution in [-0.2, 0) is 12.8 Å². The van der Waals surface area contributed by atoms with Crippen molar-refractivity contribution in [2.24, 2.45) is 0 Å². The first-order chi connectivity index (χ1) is 8.78. The van der Waals surface area contributed by atoms with Gasteiger partial charge in [-0.2, -0.15) is 15.0 Å². The smallest absolute Gasteiger partial charge is 0.227 e. The second-order valence-electron chi connectivity index (χ2n) is 3.82. The van der Waals surface area contributed by atoms with Gasteiger partial charge in [0.2, 0.25) is 11.9 Å². The van der Waals surface area contributed by atoms with Crippen molar-refractivity contribution in [3.8, 4) is 0 Å². The van der Waals surface area contributed by atoms with Crippen molar-refractivity contribution < 1.29 is 0 Å². The fourth-order valence-corrected chi connectivity index (χ4v) is 1.54. The van der Waals surface area contributed by atoms with Gasteiger partial charge in [-0.15, -0.1) is 0 Å². The summed E-state index contributed by atoms with van der Waals surface area (Å²) in [6, 6.07) is 3.97. The van der Waals surface area contributed by atoms with Crippen molar-refractivity contribution in [3.05, 3.63) is 35.9 Å². The molecule has 0 aromatic carbocycles. The third-order valence-corrected chi connectivity index (χ3v) is 2.46. The number of hydrogen-bond acceptors (Lipinski definition) is 6. The molecule has 0 saturated carbocycles. The van der Waals surface area contributed by atoms with Crippen LogP contribution in [0.15, 0.2) is 24.5 Å². The summed E-state index contributed by atoms with van der Waals surface area (Å²) in [4.78, 5) is 16.3. The lowest BCUT2D eigenvalue weighted by Crippen LogP contribution is -2.11. The minimum absolute atomic E-state index is 0.258. The van der Waals surface area contributed by atoms with Gasteiger partial charge in [-0.25, -0.2) is 0 Å². The molecule has 0 amide bonds. The predicted molar refractivity (Wildman–Crippen MR) is 70.0 cm³/mol. The minimum Gasteiger partial charge on any atom is -0.368 e. The largest absolute Gasteiger partial charge is 0.368 e. The molecule has 0 radical (unpaired) electrons. The molecular weight excluding hydrogens is 228 g/mol. The van der Waals surface area contributed by atoms with Crippen LogP contribution >= 0.6 is 0 Å². The van der Waals surface area contributed by atoms with Crippen LogP contribution in [-0.4, -0.2) is 26.5 Å². The van der Waals surface area contributed by atoms with Crippen LogP contribution < -0.4 is 11.1 Å². The average Bonchev–Trinajstić information content (AvgIpc) is 2.39. The van der Waals surface area contributed by atoms with Gasteiger partial charge >= 0.3 is 0 Å². The maximum Gasteiger partial charge on any atom is 0.227 e. The average molecular weight is 244 g/mol. The molecule has 0 atom stereocenters. The van der Waals surface area contributed by atoms with Gasteiger partial charge in [0.1, 0.15) is 5.82 Å². The Labute approximate surface area is 106 Å². The number of anilines is 2. The van der Waals surface area contributed by atoms with Crippen molar-refractivity contribution in [2.45, 2.75) is 19.8 Å². The van der Waals surface area contributed by atoms with E-state index in [0.717, 1.165) is 19.4 Å². The summed E-state index contributed by atoms with van der Waals surface area (Å²) in [7, 11) is 0. The van der Waals surface area contributed by atoms with E-state index in [-0.39, 0.29) is 5.95 Å². The van der Waals surface area contributed by atoms with Gasteiger partial charge in [0.05, 0.1) is 0 Å². The lowest BCUT2D eigenvalue weighted by Gasteiger charge is -2.06. The summed E-state index contributed by atoms with van der Waals surface area (Å²) in [6.45, 7) is 2.73. The standard InChI is InChI=1S/C12H16N6/c1-2-10-16-11(13)18-12(17-10)15-8-5-9-3-6-14-7-4-9/h3-4,6-7H,2,5,8H2,1H3,(H3,13,15,16,17,18). The Morgan fingerprint density at radius 1 is 1.17 bits per heavy atom. The summed E-state index contributed by atoms with van der Waals surface area (Å²) in [5, 5.41) is 3.15. The first kappa shape index (κ1) is 12.2. The van der Waals surface area contributed by atoms with Crippen molar-refractivity contribution in [1.82, 2.24) is 19.9 Å². The molecular formula is C12H16N6. The van der Waals surface area contributed by atoms with Crippen LogP contribution in [0.5, 0.6) is 0 Å². The van der Waals surface area contributed by atoms with Crippen LogP contribution in [0.2, 0.25) is 0 Å². The molecule has 2 aromatic heterocycles. The third kappa shape index (κ3) is 3.38. The quantitative estimate of drug-likeness (QED) is 0.817. The molecule has 18 heavy (non-hydrogen) atoms. The summed E-state index contributed by atoms with van der Waals surface area (Å²) >= 11 is 0. The van der Waals surface area contributed by atoms with Crippen LogP contribution in [0.1, 0.15) is 18.3 Å². The number of nitrogens with zero attached hydrogens (tertiary/aromatic N) is 4. The van der Waals surface area contributed by atoms with E-state index in [9.17, 15) is 0 Å². The van der Waals surface area contributed by atoms with Crippen molar-refractivity contribution in [1.29, 1.82) is 0 Å². The number of nitrogens with two attached hydrogens (primary N) is 1. The number of hydrogen-bond donors (Lipinski definition) is 2. The fraction of sp³-hybridized carbons (Fsp3) is 0.333. The van der Waals surface area contributed by atoms with Gasteiger partial charge in [0.15, 0.2) is 0 Å². The number of rotatable bonds is 5.